The zero-order valence-electron chi connectivity index (χ0n) is 15.5. The monoisotopic (exact) mass is 354 g/mol. The quantitative estimate of drug-likeness (QED) is 0.675. The van der Waals surface area contributed by atoms with Crippen molar-refractivity contribution in [3.63, 3.8) is 0 Å². The summed E-state index contributed by atoms with van der Waals surface area (Å²) < 4.78 is 7.64. The van der Waals surface area contributed by atoms with Crippen molar-refractivity contribution in [3.05, 3.63) is 41.9 Å². The third-order valence-corrected chi connectivity index (χ3v) is 5.30. The van der Waals surface area contributed by atoms with Crippen LogP contribution >= 0.6 is 0 Å². The molecule has 138 valence electrons. The number of aromatic nitrogens is 5. The van der Waals surface area contributed by atoms with Crippen molar-refractivity contribution in [1.82, 2.24) is 29.6 Å². The lowest BCUT2D eigenvalue weighted by molar-refractivity contribution is 0.130. The summed E-state index contributed by atoms with van der Waals surface area (Å²) >= 11 is 0. The highest BCUT2D eigenvalue weighted by Crippen LogP contribution is 2.31. The molecule has 7 heteroatoms. The fourth-order valence-corrected chi connectivity index (χ4v) is 3.74. The molecule has 1 aliphatic rings. The largest absolute Gasteiger partial charge is 0.338 e. The van der Waals surface area contributed by atoms with Gasteiger partial charge in [0.1, 0.15) is 5.82 Å². The molecule has 0 bridgehead atoms. The Morgan fingerprint density at radius 3 is 3.12 bits per heavy atom. The number of unbranched alkanes of at least 4 members (excludes halogenated alkanes) is 1. The smallest absolute Gasteiger partial charge is 0.243 e. The Morgan fingerprint density at radius 2 is 2.23 bits per heavy atom. The number of hydrogen-bond acceptors (Lipinski definition) is 6. The summed E-state index contributed by atoms with van der Waals surface area (Å²) in [6, 6.07) is 6.14. The van der Waals surface area contributed by atoms with Gasteiger partial charge in [0.25, 0.3) is 0 Å². The maximum absolute atomic E-state index is 5.54. The van der Waals surface area contributed by atoms with Crippen molar-refractivity contribution < 1.29 is 4.52 Å². The van der Waals surface area contributed by atoms with Crippen LogP contribution in [0.1, 0.15) is 69.0 Å². The van der Waals surface area contributed by atoms with Gasteiger partial charge in [0, 0.05) is 25.1 Å². The first kappa shape index (κ1) is 17.1. The molecule has 2 atom stereocenters. The van der Waals surface area contributed by atoms with Crippen molar-refractivity contribution in [2.75, 3.05) is 13.1 Å². The molecular weight excluding hydrogens is 328 g/mol. The molecule has 1 fully saturated rings. The van der Waals surface area contributed by atoms with Gasteiger partial charge >= 0.3 is 0 Å². The maximum Gasteiger partial charge on any atom is 0.243 e. The van der Waals surface area contributed by atoms with Gasteiger partial charge in [-0.15, -0.1) is 10.2 Å². The predicted octanol–water partition coefficient (Wildman–Crippen LogP) is 3.40. The van der Waals surface area contributed by atoms with Crippen molar-refractivity contribution in [2.45, 2.75) is 57.9 Å². The Labute approximate surface area is 153 Å². The molecule has 0 amide bonds. The number of nitrogens with zero attached hydrogens (tertiary/aromatic N) is 6. The number of piperidine rings is 1. The summed E-state index contributed by atoms with van der Waals surface area (Å²) in [5.74, 6) is 2.96. The fourth-order valence-electron chi connectivity index (χ4n) is 3.74. The summed E-state index contributed by atoms with van der Waals surface area (Å²) in [7, 11) is 0. The molecule has 1 aliphatic heterocycles. The number of aryl methyl sites for hydroxylation is 1. The minimum absolute atomic E-state index is 0.125. The van der Waals surface area contributed by atoms with Crippen LogP contribution < -0.4 is 0 Å². The van der Waals surface area contributed by atoms with Crippen LogP contribution in [0.2, 0.25) is 0 Å². The normalized spacial score (nSPS) is 19.8. The van der Waals surface area contributed by atoms with Crippen molar-refractivity contribution in [3.8, 4) is 0 Å². The standard InChI is InChI=1S/C19H26N6O/c1-3-4-9-16-20-19(26-23-16)14(2)24-11-7-8-15(13-24)18-22-21-17-10-5-6-12-25(17)18/h5-6,10,12,14-15H,3-4,7-9,11,13H2,1-2H3/t14-,15+/m1/s1. The molecule has 0 saturated carbocycles. The van der Waals surface area contributed by atoms with Gasteiger partial charge in [-0.1, -0.05) is 24.6 Å². The first-order valence-corrected chi connectivity index (χ1v) is 9.62. The van der Waals surface area contributed by atoms with Crippen LogP contribution in [0.4, 0.5) is 0 Å². The van der Waals surface area contributed by atoms with Crippen LogP contribution in [0.25, 0.3) is 5.65 Å². The van der Waals surface area contributed by atoms with Gasteiger partial charge in [-0.2, -0.15) is 4.98 Å². The highest BCUT2D eigenvalue weighted by Gasteiger charge is 2.30. The van der Waals surface area contributed by atoms with Gasteiger partial charge < -0.3 is 4.52 Å². The SMILES string of the molecule is CCCCc1noc([C@@H](C)N2CCC[C@H](c3nnc4ccccn34)C2)n1. The van der Waals surface area contributed by atoms with E-state index in [1.54, 1.807) is 0 Å². The zero-order valence-corrected chi connectivity index (χ0v) is 15.5. The van der Waals surface area contributed by atoms with Gasteiger partial charge in [-0.05, 0) is 44.9 Å². The lowest BCUT2D eigenvalue weighted by Crippen LogP contribution is -2.37. The van der Waals surface area contributed by atoms with E-state index in [4.69, 9.17) is 4.52 Å². The summed E-state index contributed by atoms with van der Waals surface area (Å²) in [6.45, 7) is 6.30. The lowest BCUT2D eigenvalue weighted by atomic mass is 9.96. The first-order chi connectivity index (χ1) is 12.8. The minimum Gasteiger partial charge on any atom is -0.338 e. The Balaban J connectivity index is 1.48. The van der Waals surface area contributed by atoms with Crippen LogP contribution in [-0.4, -0.2) is 42.7 Å². The van der Waals surface area contributed by atoms with E-state index in [0.29, 0.717) is 5.92 Å². The topological polar surface area (TPSA) is 72.4 Å². The third-order valence-electron chi connectivity index (χ3n) is 5.30. The van der Waals surface area contributed by atoms with Gasteiger partial charge in [0.05, 0.1) is 6.04 Å². The molecule has 0 radical (unpaired) electrons. The number of fused-ring (bicyclic) bond motifs is 1. The first-order valence-electron chi connectivity index (χ1n) is 9.62. The molecule has 26 heavy (non-hydrogen) atoms. The Morgan fingerprint density at radius 1 is 1.31 bits per heavy atom. The van der Waals surface area contributed by atoms with E-state index in [1.807, 2.05) is 24.4 Å². The Kier molecular flexibility index (Phi) is 4.97. The van der Waals surface area contributed by atoms with Gasteiger partial charge in [-0.25, -0.2) is 0 Å². The average Bonchev–Trinajstić information content (AvgIpc) is 3.33. The maximum atomic E-state index is 5.54. The van der Waals surface area contributed by atoms with Crippen LogP contribution in [0, 0.1) is 0 Å². The highest BCUT2D eigenvalue weighted by molar-refractivity contribution is 5.37. The van der Waals surface area contributed by atoms with Gasteiger partial charge in [0.15, 0.2) is 11.5 Å². The Hall–Kier alpha value is -2.28. The van der Waals surface area contributed by atoms with E-state index in [2.05, 4.69) is 43.5 Å². The zero-order chi connectivity index (χ0) is 17.9. The molecule has 7 nitrogen and oxygen atoms in total. The van der Waals surface area contributed by atoms with E-state index in [0.717, 1.165) is 68.4 Å². The van der Waals surface area contributed by atoms with Crippen molar-refractivity contribution in [2.24, 2.45) is 0 Å². The lowest BCUT2D eigenvalue weighted by Gasteiger charge is -2.34. The molecule has 4 heterocycles. The van der Waals surface area contributed by atoms with Crippen LogP contribution in [0.3, 0.4) is 0 Å². The van der Waals surface area contributed by atoms with E-state index in [9.17, 15) is 0 Å². The summed E-state index contributed by atoms with van der Waals surface area (Å²) in [4.78, 5) is 7.03. The molecule has 0 unspecified atom stereocenters. The molecule has 4 rings (SSSR count). The molecule has 0 aromatic carbocycles. The molecule has 0 N–H and O–H groups in total. The average molecular weight is 354 g/mol. The number of pyridine rings is 1. The number of hydrogen-bond donors (Lipinski definition) is 0. The molecule has 3 aromatic heterocycles. The summed E-state index contributed by atoms with van der Waals surface area (Å²) in [6.07, 6.45) is 7.43. The number of rotatable bonds is 6. The van der Waals surface area contributed by atoms with Crippen LogP contribution in [0.5, 0.6) is 0 Å². The summed E-state index contributed by atoms with van der Waals surface area (Å²) in [5, 5.41) is 12.9. The fraction of sp³-hybridized carbons (Fsp3) is 0.579. The van der Waals surface area contributed by atoms with Crippen molar-refractivity contribution in [1.29, 1.82) is 0 Å². The Bertz CT molecular complexity index is 856. The van der Waals surface area contributed by atoms with E-state index in [1.165, 1.54) is 0 Å². The summed E-state index contributed by atoms with van der Waals surface area (Å²) in [5.41, 5.74) is 0.908. The third kappa shape index (κ3) is 3.35. The molecular formula is C19H26N6O. The minimum atomic E-state index is 0.125. The molecule has 3 aromatic rings. The van der Waals surface area contributed by atoms with E-state index in [-0.39, 0.29) is 6.04 Å². The highest BCUT2D eigenvalue weighted by atomic mass is 16.5. The predicted molar refractivity (Wildman–Crippen MR) is 97.9 cm³/mol. The second-order valence-corrected chi connectivity index (χ2v) is 7.15. The van der Waals surface area contributed by atoms with E-state index < -0.39 is 0 Å². The second kappa shape index (κ2) is 7.53. The van der Waals surface area contributed by atoms with Gasteiger partial charge in [0.2, 0.25) is 5.89 Å². The number of likely N-dealkylation sites (tertiary alicyclic amines) is 1. The molecule has 0 aliphatic carbocycles. The molecule has 1 saturated heterocycles. The van der Waals surface area contributed by atoms with Gasteiger partial charge in [-0.3, -0.25) is 9.30 Å². The van der Waals surface area contributed by atoms with Crippen molar-refractivity contribution >= 4 is 5.65 Å². The van der Waals surface area contributed by atoms with E-state index >= 15 is 0 Å². The van der Waals surface area contributed by atoms with Crippen LogP contribution in [-0.2, 0) is 6.42 Å². The van der Waals surface area contributed by atoms with Crippen LogP contribution in [0.15, 0.2) is 28.9 Å². The molecule has 0 spiro atoms. The second-order valence-electron chi connectivity index (χ2n) is 7.15.